The second-order valence-corrected chi connectivity index (χ2v) is 3.25. The molecule has 1 aromatic carbocycles. The molecule has 5 heteroatoms. The van der Waals surface area contributed by atoms with Gasteiger partial charge < -0.3 is 15.6 Å². The van der Waals surface area contributed by atoms with Gasteiger partial charge in [-0.2, -0.15) is 0 Å². The number of ether oxygens (including phenoxy) is 1. The summed E-state index contributed by atoms with van der Waals surface area (Å²) in [6, 6.07) is 3.08. The molecule has 0 aliphatic carbocycles. The summed E-state index contributed by atoms with van der Waals surface area (Å²) >= 11 is 0. The molecule has 3 N–H and O–H groups in total. The first kappa shape index (κ1) is 12.6. The molecule has 0 fully saturated rings. The van der Waals surface area contributed by atoms with Crippen LogP contribution in [0.3, 0.4) is 0 Å². The third-order valence-electron chi connectivity index (χ3n) is 2.11. The Kier molecular flexibility index (Phi) is 4.39. The van der Waals surface area contributed by atoms with E-state index < -0.39 is 17.8 Å². The van der Waals surface area contributed by atoms with Gasteiger partial charge >= 0.3 is 5.97 Å². The lowest BCUT2D eigenvalue weighted by molar-refractivity contribution is 0.0525. The smallest absolute Gasteiger partial charge is 0.338 e. The molecule has 0 heterocycles. The summed E-state index contributed by atoms with van der Waals surface area (Å²) in [4.78, 5) is 11.3. The second-order valence-electron chi connectivity index (χ2n) is 3.25. The minimum Gasteiger partial charge on any atom is -0.462 e. The van der Waals surface area contributed by atoms with E-state index in [2.05, 4.69) is 0 Å². The van der Waals surface area contributed by atoms with Crippen molar-refractivity contribution in [3.8, 4) is 0 Å². The van der Waals surface area contributed by atoms with Gasteiger partial charge in [-0.05, 0) is 19.1 Å². The average molecular weight is 227 g/mol. The number of aliphatic hydroxyl groups is 1. The van der Waals surface area contributed by atoms with Gasteiger partial charge in [-0.15, -0.1) is 0 Å². The highest BCUT2D eigenvalue weighted by molar-refractivity contribution is 5.89. The number of hydrogen-bond donors (Lipinski definition) is 2. The van der Waals surface area contributed by atoms with Crippen LogP contribution in [0.25, 0.3) is 0 Å². The van der Waals surface area contributed by atoms with E-state index in [0.717, 1.165) is 6.07 Å². The monoisotopic (exact) mass is 227 g/mol. The Balaban J connectivity index is 2.95. The third-order valence-corrected chi connectivity index (χ3v) is 2.11. The zero-order chi connectivity index (χ0) is 12.1. The second kappa shape index (κ2) is 5.58. The van der Waals surface area contributed by atoms with Crippen LogP contribution >= 0.6 is 0 Å². The van der Waals surface area contributed by atoms with Gasteiger partial charge in [0, 0.05) is 5.56 Å². The molecular weight excluding hydrogens is 213 g/mol. The van der Waals surface area contributed by atoms with Gasteiger partial charge in [-0.3, -0.25) is 0 Å². The van der Waals surface area contributed by atoms with Gasteiger partial charge in [0.05, 0.1) is 24.8 Å². The number of rotatable bonds is 4. The molecule has 0 amide bonds. The Labute approximate surface area is 92.8 Å². The number of carbonyl (C=O) groups is 1. The molecule has 0 bridgehead atoms. The summed E-state index contributed by atoms with van der Waals surface area (Å²) in [6.45, 7) is 1.55. The Morgan fingerprint density at radius 3 is 2.81 bits per heavy atom. The Morgan fingerprint density at radius 2 is 2.31 bits per heavy atom. The molecule has 88 valence electrons. The largest absolute Gasteiger partial charge is 0.462 e. The van der Waals surface area contributed by atoms with Crippen molar-refractivity contribution in [1.82, 2.24) is 0 Å². The van der Waals surface area contributed by atoms with Crippen LogP contribution in [0.15, 0.2) is 18.2 Å². The maximum atomic E-state index is 13.5. The topological polar surface area (TPSA) is 72.5 Å². The Morgan fingerprint density at radius 1 is 1.62 bits per heavy atom. The zero-order valence-corrected chi connectivity index (χ0v) is 8.94. The molecule has 0 saturated heterocycles. The minimum atomic E-state index is -0.781. The number of esters is 1. The summed E-state index contributed by atoms with van der Waals surface area (Å²) in [5.41, 5.74) is 5.78. The summed E-state index contributed by atoms with van der Waals surface area (Å²) in [7, 11) is 0. The van der Waals surface area contributed by atoms with E-state index in [0.29, 0.717) is 0 Å². The van der Waals surface area contributed by atoms with Crippen LogP contribution in [0.2, 0.25) is 0 Å². The lowest BCUT2D eigenvalue weighted by Crippen LogP contribution is -2.16. The molecule has 0 aliphatic heterocycles. The minimum absolute atomic E-state index is 0.133. The van der Waals surface area contributed by atoms with E-state index in [1.165, 1.54) is 12.1 Å². The standard InChI is InChI=1S/C11H14FNO3/c1-2-16-11(15)7-3-4-8(9(12)5-7)10(13)6-14/h3-5,10,14H,2,6,13H2,1H3. The van der Waals surface area contributed by atoms with Gasteiger partial charge in [0.2, 0.25) is 0 Å². The SMILES string of the molecule is CCOC(=O)c1ccc(C(N)CO)c(F)c1. The summed E-state index contributed by atoms with van der Waals surface area (Å²) in [5.74, 6) is -1.20. The third kappa shape index (κ3) is 2.77. The van der Waals surface area contributed by atoms with Crippen LogP contribution in [0.5, 0.6) is 0 Å². The summed E-state index contributed by atoms with van der Waals surface area (Å²) in [5, 5.41) is 8.79. The summed E-state index contributed by atoms with van der Waals surface area (Å²) in [6.07, 6.45) is 0. The van der Waals surface area contributed by atoms with E-state index in [-0.39, 0.29) is 24.3 Å². The molecule has 16 heavy (non-hydrogen) atoms. The highest BCUT2D eigenvalue weighted by Crippen LogP contribution is 2.16. The Hall–Kier alpha value is -1.46. The molecular formula is C11H14FNO3. The first-order chi connectivity index (χ1) is 7.60. The fraction of sp³-hybridized carbons (Fsp3) is 0.364. The van der Waals surface area contributed by atoms with Crippen LogP contribution in [-0.4, -0.2) is 24.3 Å². The number of halogens is 1. The molecule has 1 unspecified atom stereocenters. The van der Waals surface area contributed by atoms with Crippen molar-refractivity contribution in [3.63, 3.8) is 0 Å². The van der Waals surface area contributed by atoms with Crippen molar-refractivity contribution in [2.75, 3.05) is 13.2 Å². The van der Waals surface area contributed by atoms with Crippen LogP contribution in [0.4, 0.5) is 4.39 Å². The van der Waals surface area contributed by atoms with Crippen molar-refractivity contribution < 1.29 is 19.0 Å². The van der Waals surface area contributed by atoms with Gasteiger partial charge in [0.15, 0.2) is 0 Å². The lowest BCUT2D eigenvalue weighted by Gasteiger charge is -2.10. The lowest BCUT2D eigenvalue weighted by atomic mass is 10.1. The highest BCUT2D eigenvalue weighted by atomic mass is 19.1. The predicted octanol–water partition coefficient (Wildman–Crippen LogP) is 0.995. The average Bonchev–Trinajstić information content (AvgIpc) is 2.28. The normalized spacial score (nSPS) is 12.2. The molecule has 0 radical (unpaired) electrons. The van der Waals surface area contributed by atoms with E-state index in [9.17, 15) is 9.18 Å². The first-order valence-electron chi connectivity index (χ1n) is 4.93. The van der Waals surface area contributed by atoms with Gasteiger partial charge in [-0.1, -0.05) is 6.07 Å². The molecule has 1 aromatic rings. The van der Waals surface area contributed by atoms with E-state index in [1.807, 2.05) is 0 Å². The van der Waals surface area contributed by atoms with Gasteiger partial charge in [0.25, 0.3) is 0 Å². The molecule has 0 spiro atoms. The molecule has 1 atom stereocenters. The zero-order valence-electron chi connectivity index (χ0n) is 8.94. The number of aliphatic hydroxyl groups excluding tert-OH is 1. The first-order valence-corrected chi connectivity index (χ1v) is 4.93. The predicted molar refractivity (Wildman–Crippen MR) is 56.4 cm³/mol. The molecule has 1 rings (SSSR count). The number of benzene rings is 1. The van der Waals surface area contributed by atoms with E-state index >= 15 is 0 Å². The van der Waals surface area contributed by atoms with Crippen molar-refractivity contribution in [2.24, 2.45) is 5.73 Å². The van der Waals surface area contributed by atoms with Gasteiger partial charge in [0.1, 0.15) is 5.82 Å². The van der Waals surface area contributed by atoms with Crippen LogP contribution in [0.1, 0.15) is 28.9 Å². The number of nitrogens with two attached hydrogens (primary N) is 1. The summed E-state index contributed by atoms with van der Waals surface area (Å²) < 4.78 is 18.2. The fourth-order valence-corrected chi connectivity index (χ4v) is 1.27. The van der Waals surface area contributed by atoms with Crippen LogP contribution < -0.4 is 5.73 Å². The van der Waals surface area contributed by atoms with Gasteiger partial charge in [-0.25, -0.2) is 9.18 Å². The molecule has 0 aliphatic rings. The van der Waals surface area contributed by atoms with Crippen molar-refractivity contribution in [3.05, 3.63) is 35.1 Å². The van der Waals surface area contributed by atoms with Crippen molar-refractivity contribution in [1.29, 1.82) is 0 Å². The maximum Gasteiger partial charge on any atom is 0.338 e. The van der Waals surface area contributed by atoms with E-state index in [4.69, 9.17) is 15.6 Å². The molecule has 0 saturated carbocycles. The Bertz CT molecular complexity index is 381. The molecule has 4 nitrogen and oxygen atoms in total. The van der Waals surface area contributed by atoms with Crippen LogP contribution in [-0.2, 0) is 4.74 Å². The molecule has 0 aromatic heterocycles. The van der Waals surface area contributed by atoms with Crippen molar-refractivity contribution >= 4 is 5.97 Å². The quantitative estimate of drug-likeness (QED) is 0.752. The van der Waals surface area contributed by atoms with Crippen molar-refractivity contribution in [2.45, 2.75) is 13.0 Å². The number of carbonyl (C=O) groups excluding carboxylic acids is 1. The maximum absolute atomic E-state index is 13.5. The highest BCUT2D eigenvalue weighted by Gasteiger charge is 2.14. The van der Waals surface area contributed by atoms with E-state index in [1.54, 1.807) is 6.92 Å². The fourth-order valence-electron chi connectivity index (χ4n) is 1.27. The number of hydrogen-bond acceptors (Lipinski definition) is 4. The van der Waals surface area contributed by atoms with Crippen LogP contribution in [0, 0.1) is 5.82 Å².